The van der Waals surface area contributed by atoms with Crippen LogP contribution in [0.5, 0.6) is 0 Å². The minimum absolute atomic E-state index is 0.263. The van der Waals surface area contributed by atoms with Crippen molar-refractivity contribution in [3.05, 3.63) is 23.8 Å². The van der Waals surface area contributed by atoms with Crippen LogP contribution in [-0.4, -0.2) is 20.8 Å². The lowest BCUT2D eigenvalue weighted by Crippen LogP contribution is -2.17. The van der Waals surface area contributed by atoms with E-state index in [2.05, 4.69) is 0 Å². The number of nitrogen functional groups attached to an aromatic ring is 1. The molecular formula is C8H6F3NO3S. The van der Waals surface area contributed by atoms with Crippen molar-refractivity contribution in [2.24, 2.45) is 0 Å². The number of rotatable bonds is 2. The molecule has 0 heterocycles. The number of carboxylic acid groups (broad SMARTS) is 1. The van der Waals surface area contributed by atoms with E-state index in [1.54, 1.807) is 0 Å². The summed E-state index contributed by atoms with van der Waals surface area (Å²) in [6.45, 7) is 0. The van der Waals surface area contributed by atoms with Gasteiger partial charge in [-0.05, 0) is 18.2 Å². The highest BCUT2D eigenvalue weighted by molar-refractivity contribution is 7.86. The summed E-state index contributed by atoms with van der Waals surface area (Å²) in [4.78, 5) is 9.84. The van der Waals surface area contributed by atoms with Crippen LogP contribution in [-0.2, 0) is 10.8 Å². The molecule has 8 heteroatoms. The Hall–Kier alpha value is -1.57. The van der Waals surface area contributed by atoms with Crippen LogP contribution in [0.4, 0.5) is 18.9 Å². The van der Waals surface area contributed by atoms with Crippen LogP contribution < -0.4 is 5.73 Å². The first kappa shape index (κ1) is 12.5. The number of hydrogen-bond acceptors (Lipinski definition) is 3. The maximum atomic E-state index is 12.1. The van der Waals surface area contributed by atoms with Crippen molar-refractivity contribution in [1.82, 2.24) is 0 Å². The molecule has 0 saturated carbocycles. The Balaban J connectivity index is 3.19. The lowest BCUT2D eigenvalue weighted by atomic mass is 10.2. The summed E-state index contributed by atoms with van der Waals surface area (Å²) in [6, 6.07) is 2.54. The molecule has 0 spiro atoms. The number of nitrogens with two attached hydrogens (primary N) is 1. The van der Waals surface area contributed by atoms with Gasteiger partial charge >= 0.3 is 11.5 Å². The monoisotopic (exact) mass is 253 g/mol. The predicted molar refractivity (Wildman–Crippen MR) is 50.3 cm³/mol. The molecule has 88 valence electrons. The fourth-order valence-electron chi connectivity index (χ4n) is 0.975. The van der Waals surface area contributed by atoms with Crippen molar-refractivity contribution < 1.29 is 27.3 Å². The average molecular weight is 253 g/mol. The quantitative estimate of drug-likeness (QED) is 0.784. The Morgan fingerprint density at radius 3 is 2.31 bits per heavy atom. The van der Waals surface area contributed by atoms with E-state index in [1.807, 2.05) is 0 Å². The van der Waals surface area contributed by atoms with Gasteiger partial charge in [0.25, 0.3) is 0 Å². The number of hydrogen-bond donors (Lipinski definition) is 2. The van der Waals surface area contributed by atoms with E-state index < -0.39 is 32.9 Å². The van der Waals surface area contributed by atoms with Gasteiger partial charge in [-0.15, -0.1) is 0 Å². The van der Waals surface area contributed by atoms with Crippen molar-refractivity contribution in [2.45, 2.75) is 10.4 Å². The average Bonchev–Trinajstić information content (AvgIpc) is 2.15. The fraction of sp³-hybridized carbons (Fsp3) is 0.125. The zero-order chi connectivity index (χ0) is 12.5. The van der Waals surface area contributed by atoms with Gasteiger partial charge in [-0.1, -0.05) is 0 Å². The van der Waals surface area contributed by atoms with Gasteiger partial charge < -0.3 is 10.8 Å². The largest absolute Gasteiger partial charge is 0.478 e. The summed E-state index contributed by atoms with van der Waals surface area (Å²) in [5, 5.41) is 8.54. The van der Waals surface area contributed by atoms with Gasteiger partial charge in [0.05, 0.1) is 10.5 Å². The minimum atomic E-state index is -4.92. The topological polar surface area (TPSA) is 80.4 Å². The van der Waals surface area contributed by atoms with Crippen molar-refractivity contribution in [1.29, 1.82) is 0 Å². The van der Waals surface area contributed by atoms with Gasteiger partial charge in [0, 0.05) is 5.69 Å². The third-order valence-electron chi connectivity index (χ3n) is 1.67. The molecule has 1 unspecified atom stereocenters. The number of aromatic carboxylic acids is 1. The van der Waals surface area contributed by atoms with Crippen LogP contribution in [0, 0.1) is 0 Å². The molecule has 0 aromatic heterocycles. The van der Waals surface area contributed by atoms with E-state index in [0.717, 1.165) is 18.2 Å². The Kier molecular flexibility index (Phi) is 3.22. The third-order valence-corrected chi connectivity index (χ3v) is 2.86. The first-order chi connectivity index (χ1) is 7.23. The molecule has 0 aliphatic carbocycles. The normalized spacial score (nSPS) is 13.4. The molecule has 1 aromatic rings. The smallest absolute Gasteiger partial charge is 0.475 e. The summed E-state index contributed by atoms with van der Waals surface area (Å²) in [5.41, 5.74) is -0.443. The van der Waals surface area contributed by atoms with Crippen LogP contribution in [0.1, 0.15) is 10.4 Å². The second kappa shape index (κ2) is 4.12. The molecule has 1 atom stereocenters. The number of alkyl halides is 3. The van der Waals surface area contributed by atoms with Gasteiger partial charge in [-0.25, -0.2) is 9.00 Å². The van der Waals surface area contributed by atoms with Gasteiger partial charge in [-0.3, -0.25) is 0 Å². The van der Waals surface area contributed by atoms with Crippen LogP contribution >= 0.6 is 0 Å². The standard InChI is InChI=1S/C8H6F3NO3S/c9-8(10,11)16(15)6-2-1-4(7(13)14)3-5(6)12/h1-3H,12H2,(H,13,14). The highest BCUT2D eigenvalue weighted by Crippen LogP contribution is 2.29. The van der Waals surface area contributed by atoms with Gasteiger partial charge in [-0.2, -0.15) is 13.2 Å². The first-order valence-electron chi connectivity index (χ1n) is 3.85. The summed E-state index contributed by atoms with van der Waals surface area (Å²) < 4.78 is 47.2. The molecule has 0 radical (unpaired) electrons. The molecule has 0 bridgehead atoms. The second-order valence-electron chi connectivity index (χ2n) is 2.77. The molecule has 16 heavy (non-hydrogen) atoms. The number of carbonyl (C=O) groups is 1. The molecule has 0 amide bonds. The lowest BCUT2D eigenvalue weighted by Gasteiger charge is -2.08. The lowest BCUT2D eigenvalue weighted by molar-refractivity contribution is -0.0384. The Morgan fingerprint density at radius 1 is 1.38 bits per heavy atom. The molecule has 0 saturated heterocycles. The van der Waals surface area contributed by atoms with E-state index in [9.17, 15) is 22.2 Å². The van der Waals surface area contributed by atoms with Gasteiger partial charge in [0.15, 0.2) is 10.8 Å². The molecule has 1 aromatic carbocycles. The summed E-state index contributed by atoms with van der Waals surface area (Å²) in [5.74, 6) is -1.32. The maximum absolute atomic E-state index is 12.1. The molecule has 4 nitrogen and oxygen atoms in total. The van der Waals surface area contributed by atoms with Crippen LogP contribution in [0.25, 0.3) is 0 Å². The van der Waals surface area contributed by atoms with E-state index in [0.29, 0.717) is 0 Å². The van der Waals surface area contributed by atoms with Gasteiger partial charge in [0.1, 0.15) is 0 Å². The molecule has 0 aliphatic rings. The molecule has 1 rings (SSSR count). The third kappa shape index (κ3) is 2.51. The van der Waals surface area contributed by atoms with Crippen molar-refractivity contribution in [3.63, 3.8) is 0 Å². The highest BCUT2D eigenvalue weighted by atomic mass is 32.2. The number of carboxylic acids is 1. The maximum Gasteiger partial charge on any atom is 0.475 e. The SMILES string of the molecule is Nc1cc(C(=O)O)ccc1S(=O)C(F)(F)F. The number of benzene rings is 1. The first-order valence-corrected chi connectivity index (χ1v) is 5.00. The van der Waals surface area contributed by atoms with Crippen LogP contribution in [0.3, 0.4) is 0 Å². The zero-order valence-corrected chi connectivity index (χ0v) is 8.43. The fourth-order valence-corrected chi connectivity index (χ4v) is 1.69. The van der Waals surface area contributed by atoms with Crippen LogP contribution in [0.2, 0.25) is 0 Å². The summed E-state index contributed by atoms with van der Waals surface area (Å²) in [7, 11) is -3.25. The Labute approximate surface area is 90.3 Å². The molecular weight excluding hydrogens is 247 g/mol. The second-order valence-corrected chi connectivity index (χ2v) is 4.21. The van der Waals surface area contributed by atoms with E-state index in [4.69, 9.17) is 10.8 Å². The summed E-state index contributed by atoms with van der Waals surface area (Å²) in [6.07, 6.45) is 0. The summed E-state index contributed by atoms with van der Waals surface area (Å²) >= 11 is 0. The molecule has 0 fully saturated rings. The predicted octanol–water partition coefficient (Wildman–Crippen LogP) is 1.59. The van der Waals surface area contributed by atoms with Crippen molar-refractivity contribution in [2.75, 3.05) is 5.73 Å². The van der Waals surface area contributed by atoms with E-state index >= 15 is 0 Å². The van der Waals surface area contributed by atoms with Gasteiger partial charge in [0.2, 0.25) is 0 Å². The zero-order valence-electron chi connectivity index (χ0n) is 7.62. The van der Waals surface area contributed by atoms with E-state index in [1.165, 1.54) is 0 Å². The Bertz CT molecular complexity index is 458. The number of halogens is 3. The van der Waals surface area contributed by atoms with Crippen molar-refractivity contribution in [3.8, 4) is 0 Å². The molecule has 0 aliphatic heterocycles. The van der Waals surface area contributed by atoms with Crippen LogP contribution in [0.15, 0.2) is 23.1 Å². The highest BCUT2D eigenvalue weighted by Gasteiger charge is 2.39. The minimum Gasteiger partial charge on any atom is -0.478 e. The molecule has 3 N–H and O–H groups in total. The number of anilines is 1. The van der Waals surface area contributed by atoms with E-state index in [-0.39, 0.29) is 5.56 Å². The Morgan fingerprint density at radius 2 is 1.94 bits per heavy atom. The van der Waals surface area contributed by atoms with Crippen molar-refractivity contribution >= 4 is 22.5 Å².